The molecule has 0 aliphatic heterocycles. The molecule has 122 valence electrons. The third kappa shape index (κ3) is 3.46. The van der Waals surface area contributed by atoms with Gasteiger partial charge in [-0.3, -0.25) is 4.79 Å². The van der Waals surface area contributed by atoms with E-state index in [9.17, 15) is 4.79 Å². The van der Waals surface area contributed by atoms with Crippen LogP contribution in [0.5, 0.6) is 0 Å². The van der Waals surface area contributed by atoms with Crippen LogP contribution in [-0.2, 0) is 6.54 Å². The molecule has 0 saturated heterocycles. The van der Waals surface area contributed by atoms with Gasteiger partial charge in [0, 0.05) is 44.3 Å². The fourth-order valence-electron chi connectivity index (χ4n) is 2.50. The fraction of sp³-hybridized carbons (Fsp3) is 0.158. The Morgan fingerprint density at radius 2 is 1.88 bits per heavy atom. The zero-order valence-corrected chi connectivity index (χ0v) is 13.8. The number of amides is 1. The van der Waals surface area contributed by atoms with E-state index in [0.717, 1.165) is 16.9 Å². The minimum Gasteiger partial charge on any atom is -0.378 e. The molecule has 0 fully saturated rings. The summed E-state index contributed by atoms with van der Waals surface area (Å²) in [6.07, 6.45) is 5.38. The highest BCUT2D eigenvalue weighted by Crippen LogP contribution is 2.15. The molecule has 0 aliphatic carbocycles. The summed E-state index contributed by atoms with van der Waals surface area (Å²) in [6, 6.07) is 15.5. The summed E-state index contributed by atoms with van der Waals surface area (Å²) in [4.78, 5) is 18.4. The Labute approximate surface area is 141 Å². The first-order valence-electron chi connectivity index (χ1n) is 7.77. The van der Waals surface area contributed by atoms with Crippen molar-refractivity contribution in [3.05, 3.63) is 78.4 Å². The maximum Gasteiger partial charge on any atom is 0.251 e. The van der Waals surface area contributed by atoms with Crippen LogP contribution in [-0.4, -0.2) is 29.6 Å². The molecule has 0 unspecified atom stereocenters. The Morgan fingerprint density at radius 3 is 2.54 bits per heavy atom. The predicted octanol–water partition coefficient (Wildman–Crippen LogP) is 2.87. The molecule has 5 nitrogen and oxygen atoms in total. The lowest BCUT2D eigenvalue weighted by molar-refractivity contribution is 0.0951. The molecule has 0 aliphatic rings. The maximum atomic E-state index is 12.4. The molecule has 0 spiro atoms. The summed E-state index contributed by atoms with van der Waals surface area (Å²) in [5.74, 6) is -0.0826. The number of hydrogen-bond acceptors (Lipinski definition) is 3. The third-order valence-corrected chi connectivity index (χ3v) is 3.86. The van der Waals surface area contributed by atoms with Crippen molar-refractivity contribution in [3.8, 4) is 5.69 Å². The topological polar surface area (TPSA) is 50.2 Å². The van der Waals surface area contributed by atoms with E-state index in [1.807, 2.05) is 78.3 Å². The number of nitrogens with one attached hydrogen (secondary N) is 1. The Bertz CT molecular complexity index is 808. The molecule has 0 radical (unpaired) electrons. The molecule has 0 saturated carbocycles. The smallest absolute Gasteiger partial charge is 0.251 e. The largest absolute Gasteiger partial charge is 0.378 e. The number of aromatic nitrogens is 2. The van der Waals surface area contributed by atoms with Gasteiger partial charge in [0.2, 0.25) is 0 Å². The maximum absolute atomic E-state index is 12.4. The number of hydrogen-bond donors (Lipinski definition) is 1. The van der Waals surface area contributed by atoms with Gasteiger partial charge in [0.25, 0.3) is 5.91 Å². The lowest BCUT2D eigenvalue weighted by Crippen LogP contribution is -2.23. The lowest BCUT2D eigenvalue weighted by Gasteiger charge is -2.13. The van der Waals surface area contributed by atoms with E-state index >= 15 is 0 Å². The molecule has 1 aromatic heterocycles. The second kappa shape index (κ2) is 7.00. The Morgan fingerprint density at radius 1 is 1.12 bits per heavy atom. The summed E-state index contributed by atoms with van der Waals surface area (Å²) < 4.78 is 1.94. The van der Waals surface area contributed by atoms with E-state index in [2.05, 4.69) is 10.3 Å². The highest BCUT2D eigenvalue weighted by molar-refractivity contribution is 5.94. The normalized spacial score (nSPS) is 10.4. The molecular formula is C19H20N4O. The van der Waals surface area contributed by atoms with Gasteiger partial charge < -0.3 is 14.8 Å². The number of para-hydroxylation sites is 1. The summed E-state index contributed by atoms with van der Waals surface area (Å²) in [6.45, 7) is 0.461. The number of imidazole rings is 1. The number of benzene rings is 2. The lowest BCUT2D eigenvalue weighted by atomic mass is 10.1. The Kier molecular flexibility index (Phi) is 4.61. The first-order chi connectivity index (χ1) is 11.6. The van der Waals surface area contributed by atoms with Crippen molar-refractivity contribution in [1.29, 1.82) is 0 Å². The number of rotatable bonds is 5. The van der Waals surface area contributed by atoms with Crippen molar-refractivity contribution in [1.82, 2.24) is 14.9 Å². The average molecular weight is 320 g/mol. The monoisotopic (exact) mass is 320 g/mol. The van der Waals surface area contributed by atoms with Gasteiger partial charge in [-0.15, -0.1) is 0 Å². The first kappa shape index (κ1) is 15.8. The number of nitrogens with zero attached hydrogens (tertiary/aromatic N) is 3. The summed E-state index contributed by atoms with van der Waals surface area (Å²) in [7, 11) is 3.95. The summed E-state index contributed by atoms with van der Waals surface area (Å²) >= 11 is 0. The van der Waals surface area contributed by atoms with Crippen LogP contribution in [0.1, 0.15) is 15.9 Å². The van der Waals surface area contributed by atoms with Crippen molar-refractivity contribution in [2.45, 2.75) is 6.54 Å². The quantitative estimate of drug-likeness (QED) is 0.786. The Hall–Kier alpha value is -3.08. The molecule has 1 heterocycles. The van der Waals surface area contributed by atoms with E-state index in [1.165, 1.54) is 0 Å². The highest BCUT2D eigenvalue weighted by Gasteiger charge is 2.08. The van der Waals surface area contributed by atoms with Crippen LogP contribution in [0.2, 0.25) is 0 Å². The van der Waals surface area contributed by atoms with Gasteiger partial charge in [0.1, 0.15) is 0 Å². The van der Waals surface area contributed by atoms with Crippen LogP contribution >= 0.6 is 0 Å². The van der Waals surface area contributed by atoms with Crippen molar-refractivity contribution in [2.75, 3.05) is 19.0 Å². The van der Waals surface area contributed by atoms with Crippen molar-refractivity contribution >= 4 is 11.6 Å². The fourth-order valence-corrected chi connectivity index (χ4v) is 2.50. The second-order valence-corrected chi connectivity index (χ2v) is 5.72. The number of anilines is 1. The number of carbonyl (C=O) groups is 1. The SMILES string of the molecule is CN(C)c1ccc(C(=O)NCc2ccccc2-n2ccnc2)cc1. The Balaban J connectivity index is 1.71. The van der Waals surface area contributed by atoms with Crippen LogP contribution in [0.25, 0.3) is 5.69 Å². The van der Waals surface area contributed by atoms with Crippen molar-refractivity contribution in [2.24, 2.45) is 0 Å². The van der Waals surface area contributed by atoms with Gasteiger partial charge in [-0.05, 0) is 35.9 Å². The zero-order valence-electron chi connectivity index (χ0n) is 13.8. The van der Waals surface area contributed by atoms with Crippen LogP contribution in [0.3, 0.4) is 0 Å². The minimum atomic E-state index is -0.0826. The molecule has 0 atom stereocenters. The molecule has 3 rings (SSSR count). The molecule has 3 aromatic rings. The van der Waals surface area contributed by atoms with E-state index in [4.69, 9.17) is 0 Å². The first-order valence-corrected chi connectivity index (χ1v) is 7.77. The predicted molar refractivity (Wildman–Crippen MR) is 95.5 cm³/mol. The van der Waals surface area contributed by atoms with Crippen LogP contribution in [0, 0.1) is 0 Å². The minimum absolute atomic E-state index is 0.0826. The van der Waals surface area contributed by atoms with Gasteiger partial charge in [-0.25, -0.2) is 4.98 Å². The van der Waals surface area contributed by atoms with Gasteiger partial charge >= 0.3 is 0 Å². The van der Waals surface area contributed by atoms with Crippen LogP contribution in [0.4, 0.5) is 5.69 Å². The van der Waals surface area contributed by atoms with Crippen LogP contribution < -0.4 is 10.2 Å². The molecule has 1 N–H and O–H groups in total. The average Bonchev–Trinajstić information content (AvgIpc) is 3.14. The second-order valence-electron chi connectivity index (χ2n) is 5.72. The number of carbonyl (C=O) groups excluding carboxylic acids is 1. The highest BCUT2D eigenvalue weighted by atomic mass is 16.1. The van der Waals surface area contributed by atoms with Gasteiger partial charge in [0.15, 0.2) is 0 Å². The molecular weight excluding hydrogens is 300 g/mol. The summed E-state index contributed by atoms with van der Waals surface area (Å²) in [5.41, 5.74) is 3.77. The molecule has 1 amide bonds. The molecule has 5 heteroatoms. The van der Waals surface area contributed by atoms with Crippen molar-refractivity contribution in [3.63, 3.8) is 0 Å². The van der Waals surface area contributed by atoms with E-state index < -0.39 is 0 Å². The zero-order chi connectivity index (χ0) is 16.9. The molecule has 2 aromatic carbocycles. The van der Waals surface area contributed by atoms with E-state index in [-0.39, 0.29) is 5.91 Å². The van der Waals surface area contributed by atoms with E-state index in [1.54, 1.807) is 12.5 Å². The molecule has 0 bridgehead atoms. The van der Waals surface area contributed by atoms with Gasteiger partial charge in [-0.1, -0.05) is 18.2 Å². The standard InChI is InChI=1S/C19H20N4O/c1-22(2)17-9-7-15(8-10-17)19(24)21-13-16-5-3-4-6-18(16)23-12-11-20-14-23/h3-12,14H,13H2,1-2H3,(H,21,24). The molecule has 24 heavy (non-hydrogen) atoms. The van der Waals surface area contributed by atoms with Crippen LogP contribution in [0.15, 0.2) is 67.3 Å². The summed E-state index contributed by atoms with van der Waals surface area (Å²) in [5, 5.41) is 2.98. The third-order valence-electron chi connectivity index (χ3n) is 3.86. The van der Waals surface area contributed by atoms with Crippen molar-refractivity contribution < 1.29 is 4.79 Å². The van der Waals surface area contributed by atoms with Gasteiger partial charge in [0.05, 0.1) is 12.0 Å². The van der Waals surface area contributed by atoms with Gasteiger partial charge in [-0.2, -0.15) is 0 Å². The van der Waals surface area contributed by atoms with E-state index in [0.29, 0.717) is 12.1 Å².